The molecule has 7 heteroatoms. The Balaban J connectivity index is 2.04. The van der Waals surface area contributed by atoms with Crippen LogP contribution in [0, 0.1) is 0 Å². The van der Waals surface area contributed by atoms with E-state index < -0.39 is 11.9 Å². The number of ether oxygens (including phenoxy) is 2. The van der Waals surface area contributed by atoms with Crippen molar-refractivity contribution in [1.82, 2.24) is 0 Å². The number of nitrogens with one attached hydrogen (secondary N) is 1. The fourth-order valence-corrected chi connectivity index (χ4v) is 3.33. The number of anilines is 3. The highest BCUT2D eigenvalue weighted by molar-refractivity contribution is 6.02. The lowest BCUT2D eigenvalue weighted by Gasteiger charge is -2.24. The van der Waals surface area contributed by atoms with E-state index in [2.05, 4.69) is 10.1 Å². The molecular formula is C22H22N2O5. The molecule has 2 aromatic carbocycles. The van der Waals surface area contributed by atoms with Crippen LogP contribution < -0.4 is 10.2 Å². The molecule has 3 rings (SSSR count). The molecule has 0 aliphatic carbocycles. The predicted molar refractivity (Wildman–Crippen MR) is 109 cm³/mol. The highest BCUT2D eigenvalue weighted by Crippen LogP contribution is 2.37. The number of esters is 2. The second kappa shape index (κ2) is 8.60. The number of methoxy groups -OCH3 is 2. The number of carbonyl (C=O) groups excluding carboxylic acids is 3. The summed E-state index contributed by atoms with van der Waals surface area (Å²) in [4.78, 5) is 37.8. The van der Waals surface area contributed by atoms with Gasteiger partial charge in [0.2, 0.25) is 5.91 Å². The fraction of sp³-hybridized carbons (Fsp3) is 0.227. The Hall–Kier alpha value is -3.61. The van der Waals surface area contributed by atoms with Crippen LogP contribution in [0.15, 0.2) is 54.2 Å². The number of aryl methyl sites for hydroxylation is 2. The molecule has 0 spiro atoms. The van der Waals surface area contributed by atoms with Crippen molar-refractivity contribution in [2.45, 2.75) is 19.8 Å². The summed E-state index contributed by atoms with van der Waals surface area (Å²) in [6.07, 6.45) is 2.61. The topological polar surface area (TPSA) is 84.9 Å². The molecule has 0 atom stereocenters. The van der Waals surface area contributed by atoms with E-state index in [0.717, 1.165) is 41.4 Å². The minimum atomic E-state index is -0.709. The van der Waals surface area contributed by atoms with Gasteiger partial charge >= 0.3 is 11.9 Å². The smallest absolute Gasteiger partial charge is 0.354 e. The first-order valence-corrected chi connectivity index (χ1v) is 9.11. The summed E-state index contributed by atoms with van der Waals surface area (Å²) in [5, 5.41) is 2.90. The Labute approximate surface area is 168 Å². The number of hydrogen-bond donors (Lipinski definition) is 1. The summed E-state index contributed by atoms with van der Waals surface area (Å²) in [6.45, 7) is 1.52. The maximum Gasteiger partial charge on any atom is 0.354 e. The maximum absolute atomic E-state index is 12.5. The molecule has 150 valence electrons. The van der Waals surface area contributed by atoms with Gasteiger partial charge < -0.3 is 14.8 Å². The lowest BCUT2D eigenvalue weighted by molar-refractivity contribution is -0.138. The fourth-order valence-electron chi connectivity index (χ4n) is 3.33. The molecule has 0 unspecified atom stereocenters. The highest BCUT2D eigenvalue weighted by Gasteiger charge is 2.24. The van der Waals surface area contributed by atoms with E-state index in [9.17, 15) is 14.4 Å². The van der Waals surface area contributed by atoms with Crippen molar-refractivity contribution in [2.75, 3.05) is 24.4 Å². The molecule has 7 nitrogen and oxygen atoms in total. The van der Waals surface area contributed by atoms with E-state index in [-0.39, 0.29) is 11.6 Å². The Bertz CT molecular complexity index is 996. The van der Waals surface area contributed by atoms with Crippen molar-refractivity contribution >= 4 is 34.9 Å². The molecule has 0 saturated carbocycles. The van der Waals surface area contributed by atoms with Crippen molar-refractivity contribution in [3.8, 4) is 0 Å². The average molecular weight is 394 g/mol. The van der Waals surface area contributed by atoms with Crippen molar-refractivity contribution in [2.24, 2.45) is 0 Å². The number of fused-ring (bicyclic) bond motifs is 2. The van der Waals surface area contributed by atoms with Crippen LogP contribution in [0.5, 0.6) is 0 Å². The molecule has 1 N–H and O–H groups in total. The minimum Gasteiger partial charge on any atom is -0.466 e. The third-order valence-electron chi connectivity index (χ3n) is 4.68. The zero-order chi connectivity index (χ0) is 21.0. The summed E-state index contributed by atoms with van der Waals surface area (Å²) >= 11 is 0. The first kappa shape index (κ1) is 20.1. The zero-order valence-corrected chi connectivity index (χ0v) is 16.5. The van der Waals surface area contributed by atoms with Crippen LogP contribution in [0.4, 0.5) is 17.1 Å². The summed E-state index contributed by atoms with van der Waals surface area (Å²) in [5.41, 5.74) is 4.15. The van der Waals surface area contributed by atoms with Gasteiger partial charge in [0.15, 0.2) is 0 Å². The number of nitrogens with zero attached hydrogens (tertiary/aromatic N) is 1. The Morgan fingerprint density at radius 3 is 2.31 bits per heavy atom. The summed E-state index contributed by atoms with van der Waals surface area (Å²) in [6, 6.07) is 13.3. The number of amides is 1. The van der Waals surface area contributed by atoms with E-state index >= 15 is 0 Å². The van der Waals surface area contributed by atoms with Crippen LogP contribution in [0.3, 0.4) is 0 Å². The van der Waals surface area contributed by atoms with E-state index in [1.165, 1.54) is 21.1 Å². The van der Waals surface area contributed by atoms with Crippen molar-refractivity contribution in [3.05, 3.63) is 65.4 Å². The largest absolute Gasteiger partial charge is 0.466 e. The van der Waals surface area contributed by atoms with Gasteiger partial charge in [0.1, 0.15) is 5.70 Å². The van der Waals surface area contributed by atoms with Gasteiger partial charge in [-0.1, -0.05) is 24.3 Å². The van der Waals surface area contributed by atoms with Crippen LogP contribution in [0.1, 0.15) is 18.1 Å². The minimum absolute atomic E-state index is 0.0669. The van der Waals surface area contributed by atoms with Gasteiger partial charge in [-0.2, -0.15) is 0 Å². The molecule has 1 aliphatic rings. The van der Waals surface area contributed by atoms with Gasteiger partial charge in [0.25, 0.3) is 0 Å². The molecule has 0 aromatic heterocycles. The molecule has 0 saturated heterocycles. The molecule has 2 aromatic rings. The third-order valence-corrected chi connectivity index (χ3v) is 4.68. The Morgan fingerprint density at radius 2 is 1.66 bits per heavy atom. The molecule has 0 radical (unpaired) electrons. The van der Waals surface area contributed by atoms with E-state index in [1.807, 2.05) is 30.3 Å². The standard InChI is InChI=1S/C22H22N2O5/c1-14(25)24-19-7-5-4-6-15(19)8-9-16-10-11-17(12-20(16)24)23-18(22(27)29-3)13-21(26)28-2/h4-7,10-13,23H,8-9H2,1-3H3/b18-13+. The number of para-hydroxylation sites is 1. The quantitative estimate of drug-likeness (QED) is 0.634. The summed E-state index contributed by atoms with van der Waals surface area (Å²) in [7, 11) is 2.44. The highest BCUT2D eigenvalue weighted by atomic mass is 16.5. The number of hydrogen-bond acceptors (Lipinski definition) is 6. The normalized spacial score (nSPS) is 12.9. The average Bonchev–Trinajstić information content (AvgIpc) is 2.88. The molecule has 0 bridgehead atoms. The second-order valence-electron chi connectivity index (χ2n) is 6.52. The van der Waals surface area contributed by atoms with Gasteiger partial charge in [-0.25, -0.2) is 9.59 Å². The molecule has 29 heavy (non-hydrogen) atoms. The molecule has 1 aliphatic heterocycles. The first-order chi connectivity index (χ1) is 13.9. The molecular weight excluding hydrogens is 372 g/mol. The van der Waals surface area contributed by atoms with Gasteiger partial charge in [0, 0.05) is 12.6 Å². The predicted octanol–water partition coefficient (Wildman–Crippen LogP) is 3.11. The number of rotatable bonds is 4. The Morgan fingerprint density at radius 1 is 0.966 bits per heavy atom. The lowest BCUT2D eigenvalue weighted by atomic mass is 10.0. The van der Waals surface area contributed by atoms with Gasteiger partial charge in [-0.3, -0.25) is 9.69 Å². The van der Waals surface area contributed by atoms with Crippen LogP contribution >= 0.6 is 0 Å². The summed E-state index contributed by atoms with van der Waals surface area (Å²) in [5.74, 6) is -1.51. The van der Waals surface area contributed by atoms with Crippen LogP contribution in [-0.4, -0.2) is 32.1 Å². The number of carbonyl (C=O) groups is 3. The van der Waals surface area contributed by atoms with Gasteiger partial charge in [-0.15, -0.1) is 0 Å². The van der Waals surface area contributed by atoms with Gasteiger partial charge in [-0.05, 0) is 42.2 Å². The monoisotopic (exact) mass is 394 g/mol. The van der Waals surface area contributed by atoms with Crippen molar-refractivity contribution in [3.63, 3.8) is 0 Å². The van der Waals surface area contributed by atoms with Gasteiger partial charge in [0.05, 0.1) is 31.7 Å². The zero-order valence-electron chi connectivity index (χ0n) is 16.5. The van der Waals surface area contributed by atoms with E-state index in [1.54, 1.807) is 17.0 Å². The van der Waals surface area contributed by atoms with E-state index in [4.69, 9.17) is 4.74 Å². The van der Waals surface area contributed by atoms with Crippen molar-refractivity contribution in [1.29, 1.82) is 0 Å². The SMILES string of the molecule is COC(=O)/C=C(/Nc1ccc2c(c1)N(C(C)=O)c1ccccc1CC2)C(=O)OC. The second-order valence-corrected chi connectivity index (χ2v) is 6.52. The van der Waals surface area contributed by atoms with Crippen LogP contribution in [-0.2, 0) is 36.7 Å². The van der Waals surface area contributed by atoms with Crippen LogP contribution in [0.25, 0.3) is 0 Å². The third kappa shape index (κ3) is 4.29. The lowest BCUT2D eigenvalue weighted by Crippen LogP contribution is -2.24. The molecule has 0 fully saturated rings. The van der Waals surface area contributed by atoms with Crippen molar-refractivity contribution < 1.29 is 23.9 Å². The summed E-state index contributed by atoms with van der Waals surface area (Å²) < 4.78 is 9.32. The van der Waals surface area contributed by atoms with Crippen LogP contribution in [0.2, 0.25) is 0 Å². The first-order valence-electron chi connectivity index (χ1n) is 9.11. The molecule has 1 amide bonds. The maximum atomic E-state index is 12.5. The molecule has 1 heterocycles. The number of benzene rings is 2. The van der Waals surface area contributed by atoms with E-state index in [0.29, 0.717) is 5.69 Å². The Kier molecular flexibility index (Phi) is 5.97.